The third-order valence-electron chi connectivity index (χ3n) is 13.5. The molecule has 1 aliphatic rings. The smallest absolute Gasteiger partial charge is 0.000718 e. The Bertz CT molecular complexity index is 3490. The topological polar surface area (TPSA) is 0 Å². The highest BCUT2D eigenvalue weighted by Gasteiger charge is 2.33. The molecule has 0 atom stereocenters. The van der Waals surface area contributed by atoms with Crippen molar-refractivity contribution in [2.75, 3.05) is 0 Å². The van der Waals surface area contributed by atoms with E-state index in [-0.39, 0.29) is 10.8 Å². The minimum absolute atomic E-state index is 0.0690. The minimum atomic E-state index is -0.0705. The van der Waals surface area contributed by atoms with Gasteiger partial charge in [-0.05, 0) is 176 Å². The average molecular weight is 797 g/mol. The van der Waals surface area contributed by atoms with Gasteiger partial charge in [0.15, 0.2) is 0 Å². The number of rotatable bonds is 4. The maximum atomic E-state index is 2.50. The number of hydrogen-bond donors (Lipinski definition) is 0. The molecule has 0 amide bonds. The van der Waals surface area contributed by atoms with Crippen molar-refractivity contribution in [3.63, 3.8) is 0 Å². The second kappa shape index (κ2) is 13.9. The molecular formula is C62H52. The zero-order chi connectivity index (χ0) is 42.7. The molecule has 62 heavy (non-hydrogen) atoms. The lowest BCUT2D eigenvalue weighted by Gasteiger charge is -2.26. The van der Waals surface area contributed by atoms with Crippen LogP contribution < -0.4 is 0 Å². The maximum Gasteiger partial charge on any atom is -0.000718 e. The van der Waals surface area contributed by atoms with Gasteiger partial charge in [-0.1, -0.05) is 192 Å². The monoisotopic (exact) mass is 796 g/mol. The lowest BCUT2D eigenvalue weighted by molar-refractivity contribution is 0.590. The summed E-state index contributed by atoms with van der Waals surface area (Å²) in [6, 6.07) is 65.2. The van der Waals surface area contributed by atoms with Gasteiger partial charge in [0, 0.05) is 0 Å². The summed E-state index contributed by atoms with van der Waals surface area (Å²) in [5, 5.41) is 10.3. The van der Waals surface area contributed by atoms with Crippen molar-refractivity contribution in [2.24, 2.45) is 0 Å². The van der Waals surface area contributed by atoms with E-state index in [1.54, 1.807) is 0 Å². The molecule has 0 saturated carbocycles. The van der Waals surface area contributed by atoms with Crippen molar-refractivity contribution in [2.45, 2.75) is 66.2 Å². The van der Waals surface area contributed by atoms with Crippen LogP contribution in [0.5, 0.6) is 0 Å². The summed E-state index contributed by atoms with van der Waals surface area (Å²) in [6.45, 7) is 18.5. The predicted molar refractivity (Wildman–Crippen MR) is 270 cm³/mol. The molecule has 10 aromatic rings. The van der Waals surface area contributed by atoms with Gasteiger partial charge in [0.1, 0.15) is 0 Å². The van der Waals surface area contributed by atoms with Crippen LogP contribution >= 0.6 is 0 Å². The lowest BCUT2D eigenvalue weighted by atomic mass is 9.77. The molecule has 0 aromatic heterocycles. The Labute approximate surface area is 366 Å². The molecule has 0 radical (unpaired) electrons. The molecule has 10 aromatic carbocycles. The quantitative estimate of drug-likeness (QED) is 0.123. The van der Waals surface area contributed by atoms with Gasteiger partial charge in [-0.3, -0.25) is 0 Å². The summed E-state index contributed by atoms with van der Waals surface area (Å²) < 4.78 is 0. The molecule has 0 fully saturated rings. The summed E-state index contributed by atoms with van der Waals surface area (Å²) in [5.74, 6) is 0. The normalized spacial score (nSPS) is 12.5. The molecule has 0 saturated heterocycles. The Kier molecular flexibility index (Phi) is 8.55. The van der Waals surface area contributed by atoms with Crippen LogP contribution in [0.25, 0.3) is 110 Å². The number of fused-ring (bicyclic) bond motifs is 7. The molecule has 0 spiro atoms. The zero-order valence-corrected chi connectivity index (χ0v) is 37.2. The number of aryl methyl sites for hydroxylation is 2. The predicted octanol–water partition coefficient (Wildman–Crippen LogP) is 17.8. The standard InChI is InChI=1S/C62H52/c1-37-16-13-21-39(26-37)44-28-46(32-48(30-44)61(3,4)5)56-53-34-41-18-9-10-19-42(41)35-54(53)57(47-29-45(31-49(33-47)62(6,7)8)40-22-14-17-38(2)27-40)60-55-36-43-20-11-12-23-50(43)51-24-15-25-52(58(51)55)59(56)60/h9-36H,1-8H3. The van der Waals surface area contributed by atoms with E-state index in [0.29, 0.717) is 0 Å². The van der Waals surface area contributed by atoms with Crippen LogP contribution in [0.3, 0.4) is 0 Å². The van der Waals surface area contributed by atoms with Crippen LogP contribution in [0.2, 0.25) is 0 Å². The number of benzene rings is 10. The highest BCUT2D eigenvalue weighted by atomic mass is 14.4. The van der Waals surface area contributed by atoms with Gasteiger partial charge < -0.3 is 0 Å². The molecule has 0 heterocycles. The fraction of sp³-hybridized carbons (Fsp3) is 0.161. The first-order chi connectivity index (χ1) is 29.8. The zero-order valence-electron chi connectivity index (χ0n) is 37.2. The van der Waals surface area contributed by atoms with Crippen LogP contribution in [0.1, 0.15) is 63.8 Å². The summed E-state index contributed by atoms with van der Waals surface area (Å²) in [5.41, 5.74) is 20.5. The first kappa shape index (κ1) is 38.2. The van der Waals surface area contributed by atoms with Gasteiger partial charge in [0.05, 0.1) is 0 Å². The summed E-state index contributed by atoms with van der Waals surface area (Å²) >= 11 is 0. The summed E-state index contributed by atoms with van der Waals surface area (Å²) in [7, 11) is 0. The van der Waals surface area contributed by atoms with E-state index in [9.17, 15) is 0 Å². The van der Waals surface area contributed by atoms with E-state index in [4.69, 9.17) is 0 Å². The van der Waals surface area contributed by atoms with Crippen LogP contribution in [0.4, 0.5) is 0 Å². The fourth-order valence-corrected chi connectivity index (χ4v) is 10.3. The van der Waals surface area contributed by atoms with E-state index in [2.05, 4.69) is 225 Å². The Morgan fingerprint density at radius 3 is 1.26 bits per heavy atom. The highest BCUT2D eigenvalue weighted by Crippen LogP contribution is 2.59. The number of hydrogen-bond acceptors (Lipinski definition) is 0. The van der Waals surface area contributed by atoms with Crippen LogP contribution in [-0.4, -0.2) is 0 Å². The van der Waals surface area contributed by atoms with Gasteiger partial charge in [-0.2, -0.15) is 0 Å². The van der Waals surface area contributed by atoms with E-state index in [1.807, 2.05) is 0 Å². The molecule has 1 aliphatic carbocycles. The van der Waals surface area contributed by atoms with Crippen molar-refractivity contribution in [1.82, 2.24) is 0 Å². The lowest BCUT2D eigenvalue weighted by Crippen LogP contribution is -2.11. The van der Waals surface area contributed by atoms with Gasteiger partial charge >= 0.3 is 0 Å². The van der Waals surface area contributed by atoms with Crippen LogP contribution in [0, 0.1) is 13.8 Å². The van der Waals surface area contributed by atoms with Crippen LogP contribution in [0.15, 0.2) is 170 Å². The molecule has 11 rings (SSSR count). The highest BCUT2D eigenvalue weighted by molar-refractivity contribution is 6.31. The van der Waals surface area contributed by atoms with E-state index >= 15 is 0 Å². The molecular weight excluding hydrogens is 745 g/mol. The molecule has 300 valence electrons. The Morgan fingerprint density at radius 2 is 0.742 bits per heavy atom. The molecule has 0 aliphatic heterocycles. The third-order valence-corrected chi connectivity index (χ3v) is 13.5. The second-order valence-electron chi connectivity index (χ2n) is 20.0. The second-order valence-corrected chi connectivity index (χ2v) is 20.0. The van der Waals surface area contributed by atoms with Crippen molar-refractivity contribution >= 4 is 43.1 Å². The average Bonchev–Trinajstić information content (AvgIpc) is 3.57. The SMILES string of the molecule is Cc1cccc(-c2cc(-c3c4c(c(-c5cc(-c6cccc(C)c6)cc(C(C)(C)C)c5)c5cc6ccccc6cc35)-c3cc5ccccc5c5cccc-4c35)cc(C(C)(C)C)c2)c1. The third kappa shape index (κ3) is 6.19. The summed E-state index contributed by atoms with van der Waals surface area (Å²) in [4.78, 5) is 0. The van der Waals surface area contributed by atoms with E-state index in [1.165, 1.54) is 132 Å². The Hall–Kier alpha value is -6.76. The molecule has 0 N–H and O–H groups in total. The van der Waals surface area contributed by atoms with Crippen molar-refractivity contribution in [3.05, 3.63) is 192 Å². The Balaban J connectivity index is 1.37. The van der Waals surface area contributed by atoms with Crippen molar-refractivity contribution in [1.29, 1.82) is 0 Å². The molecule has 0 unspecified atom stereocenters. The Morgan fingerprint density at radius 1 is 0.290 bits per heavy atom. The van der Waals surface area contributed by atoms with Crippen LogP contribution in [-0.2, 0) is 10.8 Å². The minimum Gasteiger partial charge on any atom is -0.0616 e. The first-order valence-electron chi connectivity index (χ1n) is 22.2. The molecule has 0 nitrogen and oxygen atoms in total. The van der Waals surface area contributed by atoms with Crippen molar-refractivity contribution in [3.8, 4) is 66.8 Å². The van der Waals surface area contributed by atoms with Gasteiger partial charge in [-0.25, -0.2) is 0 Å². The fourth-order valence-electron chi connectivity index (χ4n) is 10.3. The van der Waals surface area contributed by atoms with Crippen molar-refractivity contribution < 1.29 is 0 Å². The van der Waals surface area contributed by atoms with Gasteiger partial charge in [0.2, 0.25) is 0 Å². The largest absolute Gasteiger partial charge is 0.0616 e. The maximum absolute atomic E-state index is 2.50. The summed E-state index contributed by atoms with van der Waals surface area (Å²) in [6.07, 6.45) is 0. The van der Waals surface area contributed by atoms with E-state index < -0.39 is 0 Å². The molecule has 0 heteroatoms. The van der Waals surface area contributed by atoms with Gasteiger partial charge in [0.25, 0.3) is 0 Å². The van der Waals surface area contributed by atoms with Gasteiger partial charge in [-0.15, -0.1) is 0 Å². The van der Waals surface area contributed by atoms with E-state index in [0.717, 1.165) is 0 Å². The first-order valence-corrected chi connectivity index (χ1v) is 22.2. The molecule has 0 bridgehead atoms.